The van der Waals surface area contributed by atoms with Gasteiger partial charge in [-0.25, -0.2) is 0 Å². The molecular formula is C28H23ClN2O3. The first kappa shape index (κ1) is 23.1. The Kier molecular flexibility index (Phi) is 7.25. The third-order valence-electron chi connectivity index (χ3n) is 5.12. The zero-order chi connectivity index (χ0) is 23.9. The molecule has 5 nitrogen and oxygen atoms in total. The molecule has 0 saturated heterocycles. The molecule has 34 heavy (non-hydrogen) atoms. The van der Waals surface area contributed by atoms with E-state index in [0.717, 1.165) is 11.1 Å². The second-order valence-corrected chi connectivity index (χ2v) is 8.12. The van der Waals surface area contributed by atoms with Crippen LogP contribution >= 0.6 is 11.6 Å². The van der Waals surface area contributed by atoms with Gasteiger partial charge in [0.15, 0.2) is 6.10 Å². The maximum absolute atomic E-state index is 12.7. The van der Waals surface area contributed by atoms with Crippen LogP contribution < -0.4 is 15.4 Å². The Bertz CT molecular complexity index is 1290. The van der Waals surface area contributed by atoms with Gasteiger partial charge in [0.2, 0.25) is 0 Å². The summed E-state index contributed by atoms with van der Waals surface area (Å²) in [5, 5.41) is 6.12. The number of amides is 2. The van der Waals surface area contributed by atoms with Gasteiger partial charge in [-0.3, -0.25) is 9.59 Å². The highest BCUT2D eigenvalue weighted by Crippen LogP contribution is 2.23. The molecule has 0 spiro atoms. The van der Waals surface area contributed by atoms with Crippen molar-refractivity contribution in [3.63, 3.8) is 0 Å². The summed E-state index contributed by atoms with van der Waals surface area (Å²) < 4.78 is 5.80. The van der Waals surface area contributed by atoms with Crippen molar-refractivity contribution in [2.75, 3.05) is 10.6 Å². The van der Waals surface area contributed by atoms with E-state index in [1.165, 1.54) is 0 Å². The quantitative estimate of drug-likeness (QED) is 0.317. The molecule has 0 saturated carbocycles. The number of carbonyl (C=O) groups excluding carboxylic acids is 2. The van der Waals surface area contributed by atoms with Gasteiger partial charge in [0, 0.05) is 22.0 Å². The molecule has 0 heterocycles. The summed E-state index contributed by atoms with van der Waals surface area (Å²) in [6.45, 7) is 1.68. The fourth-order valence-corrected chi connectivity index (χ4v) is 3.56. The molecule has 0 aromatic heterocycles. The molecule has 0 aliphatic rings. The van der Waals surface area contributed by atoms with Crippen LogP contribution in [-0.4, -0.2) is 17.9 Å². The number of carbonyl (C=O) groups is 2. The van der Waals surface area contributed by atoms with Crippen LogP contribution in [0.5, 0.6) is 5.75 Å². The molecule has 1 atom stereocenters. The molecule has 1 unspecified atom stereocenters. The van der Waals surface area contributed by atoms with E-state index in [-0.39, 0.29) is 11.8 Å². The Morgan fingerprint density at radius 3 is 2.09 bits per heavy atom. The minimum Gasteiger partial charge on any atom is -0.481 e. The van der Waals surface area contributed by atoms with E-state index in [4.69, 9.17) is 16.3 Å². The lowest BCUT2D eigenvalue weighted by atomic mass is 10.1. The Hall–Kier alpha value is -4.09. The highest BCUT2D eigenvalue weighted by atomic mass is 35.5. The van der Waals surface area contributed by atoms with Crippen molar-refractivity contribution >= 4 is 34.8 Å². The van der Waals surface area contributed by atoms with E-state index in [1.807, 2.05) is 54.6 Å². The van der Waals surface area contributed by atoms with E-state index < -0.39 is 6.10 Å². The minimum absolute atomic E-state index is 0.304. The zero-order valence-electron chi connectivity index (χ0n) is 18.5. The molecule has 4 aromatic rings. The number of ether oxygens (including phenoxy) is 1. The monoisotopic (exact) mass is 470 g/mol. The van der Waals surface area contributed by atoms with Crippen molar-refractivity contribution in [3.8, 4) is 16.9 Å². The maximum Gasteiger partial charge on any atom is 0.265 e. The summed E-state index contributed by atoms with van der Waals surface area (Å²) in [6.07, 6.45) is -0.730. The van der Waals surface area contributed by atoms with Crippen LogP contribution in [0.2, 0.25) is 5.02 Å². The van der Waals surface area contributed by atoms with E-state index in [0.29, 0.717) is 27.7 Å². The number of rotatable bonds is 7. The average molecular weight is 471 g/mol. The summed E-state index contributed by atoms with van der Waals surface area (Å²) in [6, 6.07) is 31.2. The Morgan fingerprint density at radius 1 is 0.735 bits per heavy atom. The number of hydrogen-bond donors (Lipinski definition) is 2. The molecule has 2 amide bonds. The molecular weight excluding hydrogens is 448 g/mol. The van der Waals surface area contributed by atoms with Gasteiger partial charge in [-0.15, -0.1) is 0 Å². The maximum atomic E-state index is 12.7. The lowest BCUT2D eigenvalue weighted by Gasteiger charge is -2.15. The van der Waals surface area contributed by atoms with Gasteiger partial charge in [0.1, 0.15) is 5.75 Å². The molecule has 4 aromatic carbocycles. The topological polar surface area (TPSA) is 67.4 Å². The molecule has 6 heteroatoms. The molecule has 0 aliphatic carbocycles. The van der Waals surface area contributed by atoms with Gasteiger partial charge in [0.25, 0.3) is 11.8 Å². The van der Waals surface area contributed by atoms with E-state index in [1.54, 1.807) is 55.5 Å². The van der Waals surface area contributed by atoms with E-state index in [9.17, 15) is 9.59 Å². The van der Waals surface area contributed by atoms with Gasteiger partial charge in [-0.1, -0.05) is 66.2 Å². The molecule has 0 bridgehead atoms. The van der Waals surface area contributed by atoms with Crippen molar-refractivity contribution in [1.29, 1.82) is 0 Å². The number of benzene rings is 4. The third-order valence-corrected chi connectivity index (χ3v) is 5.35. The van der Waals surface area contributed by atoms with Crippen molar-refractivity contribution in [2.24, 2.45) is 0 Å². The van der Waals surface area contributed by atoms with E-state index in [2.05, 4.69) is 10.6 Å². The lowest BCUT2D eigenvalue weighted by molar-refractivity contribution is -0.122. The first-order chi connectivity index (χ1) is 16.5. The summed E-state index contributed by atoms with van der Waals surface area (Å²) >= 11 is 5.97. The molecule has 4 rings (SSSR count). The highest BCUT2D eigenvalue weighted by molar-refractivity contribution is 6.31. The van der Waals surface area contributed by atoms with Crippen molar-refractivity contribution in [2.45, 2.75) is 13.0 Å². The summed E-state index contributed by atoms with van der Waals surface area (Å²) in [7, 11) is 0. The standard InChI is InChI=1S/C28H23ClN2O3/c1-19(34-26-15-13-21(14-16-26)20-7-3-2-4-8-20)27(32)30-24-11-5-9-22(17-24)28(33)31-25-12-6-10-23(29)18-25/h2-19H,1H3,(H,30,32)(H,31,33). The first-order valence-electron chi connectivity index (χ1n) is 10.8. The largest absolute Gasteiger partial charge is 0.481 e. The second kappa shape index (κ2) is 10.7. The van der Waals surface area contributed by atoms with Gasteiger partial charge >= 0.3 is 0 Å². The summed E-state index contributed by atoms with van der Waals surface area (Å²) in [5.74, 6) is -0.0299. The molecule has 0 radical (unpaired) electrons. The van der Waals surface area contributed by atoms with E-state index >= 15 is 0 Å². The van der Waals surface area contributed by atoms with Gasteiger partial charge < -0.3 is 15.4 Å². The van der Waals surface area contributed by atoms with Crippen LogP contribution in [0.3, 0.4) is 0 Å². The van der Waals surface area contributed by atoms with Crippen LogP contribution in [0.1, 0.15) is 17.3 Å². The molecule has 2 N–H and O–H groups in total. The smallest absolute Gasteiger partial charge is 0.265 e. The lowest BCUT2D eigenvalue weighted by Crippen LogP contribution is -2.30. The Morgan fingerprint density at radius 2 is 1.38 bits per heavy atom. The van der Waals surface area contributed by atoms with Crippen molar-refractivity contribution in [3.05, 3.63) is 114 Å². The summed E-state index contributed by atoms with van der Waals surface area (Å²) in [5.41, 5.74) is 3.67. The van der Waals surface area contributed by atoms with Crippen LogP contribution in [-0.2, 0) is 4.79 Å². The normalized spacial score (nSPS) is 11.4. The van der Waals surface area contributed by atoms with Gasteiger partial charge in [-0.2, -0.15) is 0 Å². The second-order valence-electron chi connectivity index (χ2n) is 7.69. The van der Waals surface area contributed by atoms with Crippen LogP contribution in [0.25, 0.3) is 11.1 Å². The van der Waals surface area contributed by atoms with Gasteiger partial charge in [0.05, 0.1) is 0 Å². The zero-order valence-corrected chi connectivity index (χ0v) is 19.3. The Labute approximate surface area is 203 Å². The predicted molar refractivity (Wildman–Crippen MR) is 136 cm³/mol. The first-order valence-corrected chi connectivity index (χ1v) is 11.2. The molecule has 0 fully saturated rings. The number of nitrogens with one attached hydrogen (secondary N) is 2. The SMILES string of the molecule is CC(Oc1ccc(-c2ccccc2)cc1)C(=O)Nc1cccc(C(=O)Nc2cccc(Cl)c2)c1. The number of hydrogen-bond acceptors (Lipinski definition) is 3. The Balaban J connectivity index is 1.36. The fourth-order valence-electron chi connectivity index (χ4n) is 3.37. The minimum atomic E-state index is -0.730. The van der Waals surface area contributed by atoms with Crippen molar-refractivity contribution in [1.82, 2.24) is 0 Å². The number of anilines is 2. The summed E-state index contributed by atoms with van der Waals surface area (Å²) in [4.78, 5) is 25.2. The molecule has 0 aliphatic heterocycles. The van der Waals surface area contributed by atoms with Crippen LogP contribution in [0.4, 0.5) is 11.4 Å². The molecule has 170 valence electrons. The van der Waals surface area contributed by atoms with Crippen LogP contribution in [0.15, 0.2) is 103 Å². The third kappa shape index (κ3) is 6.03. The van der Waals surface area contributed by atoms with Gasteiger partial charge in [-0.05, 0) is 66.6 Å². The number of halogens is 1. The average Bonchev–Trinajstić information content (AvgIpc) is 2.85. The fraction of sp³-hybridized carbons (Fsp3) is 0.0714. The predicted octanol–water partition coefficient (Wildman–Crippen LogP) is 6.67. The van der Waals surface area contributed by atoms with Crippen LogP contribution in [0, 0.1) is 0 Å². The van der Waals surface area contributed by atoms with Crippen molar-refractivity contribution < 1.29 is 14.3 Å². The highest BCUT2D eigenvalue weighted by Gasteiger charge is 2.16.